The molecule has 1 heterocycles. The number of unbranched alkanes of at least 4 members (excludes halogenated alkanes) is 1. The highest BCUT2D eigenvalue weighted by atomic mass is 28.4. The van der Waals surface area contributed by atoms with Gasteiger partial charge in [0.2, 0.25) is 0 Å². The molecule has 0 saturated carbocycles. The summed E-state index contributed by atoms with van der Waals surface area (Å²) in [6, 6.07) is 0.939. The molecule has 0 atom stereocenters. The van der Waals surface area contributed by atoms with Crippen LogP contribution in [0.5, 0.6) is 0 Å². The van der Waals surface area contributed by atoms with Crippen LogP contribution in [0.3, 0.4) is 0 Å². The van der Waals surface area contributed by atoms with Crippen molar-refractivity contribution in [3.8, 4) is 0 Å². The Labute approximate surface area is 171 Å². The van der Waals surface area contributed by atoms with Crippen LogP contribution in [0.15, 0.2) is 0 Å². The zero-order valence-corrected chi connectivity index (χ0v) is 21.0. The van der Waals surface area contributed by atoms with Gasteiger partial charge in [-0.15, -0.1) is 0 Å². The second-order valence-electron chi connectivity index (χ2n) is 8.50. The Morgan fingerprint density at radius 3 is 1.81 bits per heavy atom. The van der Waals surface area contributed by atoms with Gasteiger partial charge in [0.25, 0.3) is 0 Å². The molecular formula is C20H46N2O3Si2. The van der Waals surface area contributed by atoms with E-state index in [-0.39, 0.29) is 0 Å². The molecule has 0 N–H and O–H groups in total. The first-order valence-corrected chi connectivity index (χ1v) is 16.6. The number of piperidine rings is 1. The standard InChI is InChI=1S/C20H46N2O3Si2/c1-7-23-27(24-8-2,25-9-3)20-14-13-17-22(26(4,5)6)19-18-21-15-11-10-12-16-21/h7-20H2,1-6H3. The number of hydrogen-bond donors (Lipinski definition) is 0. The lowest BCUT2D eigenvalue weighted by Crippen LogP contribution is -2.50. The van der Waals surface area contributed by atoms with Crippen molar-refractivity contribution in [3.63, 3.8) is 0 Å². The summed E-state index contributed by atoms with van der Waals surface area (Å²) >= 11 is 0. The summed E-state index contributed by atoms with van der Waals surface area (Å²) in [7, 11) is -3.76. The monoisotopic (exact) mass is 418 g/mol. The van der Waals surface area contributed by atoms with Crippen molar-refractivity contribution in [2.75, 3.05) is 52.5 Å². The predicted molar refractivity (Wildman–Crippen MR) is 120 cm³/mol. The van der Waals surface area contributed by atoms with Gasteiger partial charge in [0.1, 0.15) is 8.24 Å². The maximum Gasteiger partial charge on any atom is 0.500 e. The molecule has 0 radical (unpaired) electrons. The molecule has 7 heteroatoms. The first-order chi connectivity index (χ1) is 12.9. The second-order valence-corrected chi connectivity index (χ2v) is 16.2. The number of likely N-dealkylation sites (tertiary alicyclic amines) is 1. The molecule has 1 aliphatic heterocycles. The average Bonchev–Trinajstić information content (AvgIpc) is 2.61. The lowest BCUT2D eigenvalue weighted by Gasteiger charge is -2.37. The van der Waals surface area contributed by atoms with E-state index in [2.05, 4.69) is 29.1 Å². The maximum absolute atomic E-state index is 5.99. The molecule has 5 nitrogen and oxygen atoms in total. The minimum atomic E-state index is -2.47. The highest BCUT2D eigenvalue weighted by molar-refractivity contribution is 6.73. The van der Waals surface area contributed by atoms with E-state index >= 15 is 0 Å². The minimum Gasteiger partial charge on any atom is -0.374 e. The first-order valence-electron chi connectivity index (χ1n) is 11.3. The van der Waals surface area contributed by atoms with Gasteiger partial charge in [0.15, 0.2) is 0 Å². The molecule has 1 fully saturated rings. The van der Waals surface area contributed by atoms with E-state index in [9.17, 15) is 0 Å². The SMILES string of the molecule is CCO[Si](CCCCN(CCN1CCCCC1)[Si](C)(C)C)(OCC)OCC. The van der Waals surface area contributed by atoms with Crippen LogP contribution in [0.2, 0.25) is 25.7 Å². The zero-order chi connectivity index (χ0) is 20.2. The van der Waals surface area contributed by atoms with Crippen molar-refractivity contribution >= 4 is 17.0 Å². The lowest BCUT2D eigenvalue weighted by molar-refractivity contribution is 0.0705. The van der Waals surface area contributed by atoms with E-state index in [1.54, 1.807) is 0 Å². The molecule has 0 aromatic heterocycles. The summed E-state index contributed by atoms with van der Waals surface area (Å²) in [6.07, 6.45) is 6.50. The summed E-state index contributed by atoms with van der Waals surface area (Å²) in [5, 5.41) is 0. The average molecular weight is 419 g/mol. The largest absolute Gasteiger partial charge is 0.500 e. The van der Waals surface area contributed by atoms with Crippen molar-refractivity contribution in [2.45, 2.75) is 78.6 Å². The highest BCUT2D eigenvalue weighted by Crippen LogP contribution is 2.20. The van der Waals surface area contributed by atoms with Crippen LogP contribution < -0.4 is 0 Å². The fraction of sp³-hybridized carbons (Fsp3) is 1.00. The molecule has 1 aliphatic rings. The summed E-state index contributed by atoms with van der Waals surface area (Å²) in [6.45, 7) is 21.8. The van der Waals surface area contributed by atoms with E-state index < -0.39 is 17.0 Å². The van der Waals surface area contributed by atoms with E-state index in [0.717, 1.165) is 12.5 Å². The van der Waals surface area contributed by atoms with E-state index in [1.807, 2.05) is 20.8 Å². The molecule has 0 aliphatic carbocycles. The van der Waals surface area contributed by atoms with Gasteiger partial charge in [-0.3, -0.25) is 0 Å². The lowest BCUT2D eigenvalue weighted by atomic mass is 10.1. The third-order valence-corrected chi connectivity index (χ3v) is 10.8. The Balaban J connectivity index is 2.46. The fourth-order valence-electron chi connectivity index (χ4n) is 3.87. The van der Waals surface area contributed by atoms with Crippen molar-refractivity contribution < 1.29 is 13.3 Å². The molecule has 1 rings (SSSR count). The fourth-order valence-corrected chi connectivity index (χ4v) is 8.16. The molecule has 0 amide bonds. The van der Waals surface area contributed by atoms with Crippen LogP contribution in [0.1, 0.15) is 52.9 Å². The van der Waals surface area contributed by atoms with Crippen molar-refractivity contribution in [1.29, 1.82) is 0 Å². The van der Waals surface area contributed by atoms with Crippen LogP contribution in [0, 0.1) is 0 Å². The molecule has 0 unspecified atom stereocenters. The Morgan fingerprint density at radius 2 is 1.33 bits per heavy atom. The number of nitrogens with zero attached hydrogens (tertiary/aromatic N) is 2. The molecule has 162 valence electrons. The van der Waals surface area contributed by atoms with E-state index in [1.165, 1.54) is 58.4 Å². The van der Waals surface area contributed by atoms with Gasteiger partial charge >= 0.3 is 8.80 Å². The van der Waals surface area contributed by atoms with Gasteiger partial charge in [-0.1, -0.05) is 26.1 Å². The molecular weight excluding hydrogens is 372 g/mol. The van der Waals surface area contributed by atoms with Crippen LogP contribution in [-0.4, -0.2) is 79.0 Å². The van der Waals surface area contributed by atoms with Crippen LogP contribution >= 0.6 is 0 Å². The molecule has 0 bridgehead atoms. The van der Waals surface area contributed by atoms with Crippen molar-refractivity contribution in [2.24, 2.45) is 0 Å². The van der Waals surface area contributed by atoms with Gasteiger partial charge in [-0.05, 0) is 66.1 Å². The Kier molecular flexibility index (Phi) is 12.6. The minimum absolute atomic E-state index is 0.670. The van der Waals surface area contributed by atoms with E-state index in [4.69, 9.17) is 13.3 Å². The third-order valence-electron chi connectivity index (χ3n) is 5.34. The molecule has 27 heavy (non-hydrogen) atoms. The van der Waals surface area contributed by atoms with Gasteiger partial charge in [-0.2, -0.15) is 0 Å². The van der Waals surface area contributed by atoms with Crippen molar-refractivity contribution in [3.05, 3.63) is 0 Å². The summed E-state index contributed by atoms with van der Waals surface area (Å²) in [5.41, 5.74) is 0. The third kappa shape index (κ3) is 10.0. The number of hydrogen-bond acceptors (Lipinski definition) is 5. The topological polar surface area (TPSA) is 34.2 Å². The van der Waals surface area contributed by atoms with E-state index in [0.29, 0.717) is 19.8 Å². The summed E-state index contributed by atoms with van der Waals surface area (Å²) in [4.78, 5) is 2.66. The van der Waals surface area contributed by atoms with Crippen LogP contribution in [0.4, 0.5) is 0 Å². The molecule has 0 aromatic carbocycles. The maximum atomic E-state index is 5.99. The first kappa shape index (κ1) is 25.3. The molecule has 0 spiro atoms. The highest BCUT2D eigenvalue weighted by Gasteiger charge is 2.39. The van der Waals surface area contributed by atoms with Gasteiger partial charge in [0.05, 0.1) is 0 Å². The predicted octanol–water partition coefficient (Wildman–Crippen LogP) is 4.44. The normalized spacial score (nSPS) is 17.0. The summed E-state index contributed by atoms with van der Waals surface area (Å²) in [5.74, 6) is 0. The Hall–Kier alpha value is 0.234. The smallest absolute Gasteiger partial charge is 0.374 e. The second kappa shape index (κ2) is 13.5. The zero-order valence-electron chi connectivity index (χ0n) is 19.0. The number of rotatable bonds is 15. The van der Waals surface area contributed by atoms with Gasteiger partial charge < -0.3 is 22.7 Å². The van der Waals surface area contributed by atoms with Crippen LogP contribution in [-0.2, 0) is 13.3 Å². The Bertz CT molecular complexity index is 358. The summed E-state index contributed by atoms with van der Waals surface area (Å²) < 4.78 is 20.8. The van der Waals surface area contributed by atoms with Crippen molar-refractivity contribution in [1.82, 2.24) is 9.47 Å². The quantitative estimate of drug-likeness (QED) is 0.290. The Morgan fingerprint density at radius 1 is 0.778 bits per heavy atom. The molecule has 1 saturated heterocycles. The van der Waals surface area contributed by atoms with Gasteiger partial charge in [0, 0.05) is 39.0 Å². The molecule has 0 aromatic rings. The van der Waals surface area contributed by atoms with Gasteiger partial charge in [-0.25, -0.2) is 0 Å². The van der Waals surface area contributed by atoms with Crippen LogP contribution in [0.25, 0.3) is 0 Å².